The number of carbonyl (C=O) groups is 2. The molecule has 1 atom stereocenters. The molecule has 216 valence electrons. The zero-order valence-electron chi connectivity index (χ0n) is 23.0. The molecule has 4 aliphatic heterocycles. The number of fused-ring (bicyclic) bond motifs is 2. The number of piperidine rings is 1. The third-order valence-electron chi connectivity index (χ3n) is 9.10. The van der Waals surface area contributed by atoms with E-state index in [4.69, 9.17) is 9.47 Å². The van der Waals surface area contributed by atoms with E-state index in [1.54, 1.807) is 0 Å². The van der Waals surface area contributed by atoms with Gasteiger partial charge in [0.05, 0.1) is 30.2 Å². The maximum atomic E-state index is 15.8. The largest absolute Gasteiger partial charge is 0.465 e. The average molecular weight is 565 g/mol. The van der Waals surface area contributed by atoms with Gasteiger partial charge in [-0.3, -0.25) is 14.7 Å². The number of rotatable bonds is 6. The molecule has 1 aromatic carbocycles. The topological polar surface area (TPSA) is 125 Å². The van der Waals surface area contributed by atoms with E-state index in [1.165, 1.54) is 11.1 Å². The summed E-state index contributed by atoms with van der Waals surface area (Å²) in [5.41, 5.74) is 2.40. The van der Waals surface area contributed by atoms with E-state index in [0.29, 0.717) is 48.9 Å². The van der Waals surface area contributed by atoms with Crippen molar-refractivity contribution in [2.75, 3.05) is 68.0 Å². The minimum absolute atomic E-state index is 0.113. The Morgan fingerprint density at radius 1 is 1.27 bits per heavy atom. The minimum atomic E-state index is -0.601. The molecule has 3 saturated heterocycles. The van der Waals surface area contributed by atoms with Gasteiger partial charge in [0.2, 0.25) is 0 Å². The number of anilines is 3. The van der Waals surface area contributed by atoms with Gasteiger partial charge >= 0.3 is 6.09 Å². The fourth-order valence-electron chi connectivity index (χ4n) is 6.66. The molecule has 12 nitrogen and oxygen atoms in total. The summed E-state index contributed by atoms with van der Waals surface area (Å²) in [5.74, 6) is 0.579. The van der Waals surface area contributed by atoms with Gasteiger partial charge in [0.15, 0.2) is 24.1 Å². The van der Waals surface area contributed by atoms with Crippen LogP contribution in [0.5, 0.6) is 5.88 Å². The van der Waals surface area contributed by atoms with Crippen LogP contribution in [0.3, 0.4) is 0 Å². The van der Waals surface area contributed by atoms with Crippen LogP contribution in [0.2, 0.25) is 0 Å². The highest BCUT2D eigenvalue weighted by atomic mass is 19.1. The first-order valence-electron chi connectivity index (χ1n) is 14.1. The van der Waals surface area contributed by atoms with Crippen LogP contribution in [-0.4, -0.2) is 98.2 Å². The molecule has 2 N–H and O–H groups in total. The number of amides is 2. The summed E-state index contributed by atoms with van der Waals surface area (Å²) in [6, 6.07) is 2.28. The third kappa shape index (κ3) is 4.56. The van der Waals surface area contributed by atoms with Gasteiger partial charge in [0.1, 0.15) is 5.60 Å². The molecule has 0 bridgehead atoms. The summed E-state index contributed by atoms with van der Waals surface area (Å²) in [5, 5.41) is 5.87. The van der Waals surface area contributed by atoms with Crippen molar-refractivity contribution < 1.29 is 23.5 Å². The molecule has 41 heavy (non-hydrogen) atoms. The molecule has 5 heterocycles. The first-order valence-corrected chi connectivity index (χ1v) is 14.1. The predicted octanol–water partition coefficient (Wildman–Crippen LogP) is 1.89. The second-order valence-electron chi connectivity index (χ2n) is 11.7. The second-order valence-corrected chi connectivity index (χ2v) is 11.7. The Kier molecular flexibility index (Phi) is 6.31. The molecule has 1 unspecified atom stereocenters. The summed E-state index contributed by atoms with van der Waals surface area (Å²) in [7, 11) is 1.93. The Hall–Kier alpha value is -3.84. The summed E-state index contributed by atoms with van der Waals surface area (Å²) in [6.45, 7) is 8.04. The Morgan fingerprint density at radius 2 is 2.07 bits per heavy atom. The molecule has 3 fully saturated rings. The molecule has 5 aliphatic rings. The van der Waals surface area contributed by atoms with E-state index in [1.807, 2.05) is 18.0 Å². The molecule has 13 heteroatoms. The lowest BCUT2D eigenvalue weighted by atomic mass is 9.90. The highest BCUT2D eigenvalue weighted by Gasteiger charge is 2.48. The summed E-state index contributed by atoms with van der Waals surface area (Å²) >= 11 is 0. The van der Waals surface area contributed by atoms with Gasteiger partial charge in [-0.1, -0.05) is 0 Å². The standard InChI is InChI=1S/C28H33FN8O4/c1-30-20-9-17-7-16(8-19(17)23(29)24(20)35(2)18-10-31-11-18)13-36-5-3-28(4-6-36)15-37(27(39)41-28)21-12-32-26-25(33-21)34-22(38)14-40-26/h9,12,16,18,31H,1,3-8,10-11,13-15H2,2H3,(H,33,34,38). The number of hydrogen-bond donors (Lipinski definition) is 2. The number of ether oxygens (including phenoxy) is 2. The quantitative estimate of drug-likeness (QED) is 0.506. The molecular weight excluding hydrogens is 531 g/mol. The SMILES string of the molecule is C=Nc1cc2c(c(F)c1N(C)C1CNC1)CC(CN1CCC3(CC1)CN(c1cnc4c(n1)NC(=O)CO4)C(=O)O3)C2. The van der Waals surface area contributed by atoms with Crippen molar-refractivity contribution in [1.29, 1.82) is 0 Å². The lowest BCUT2D eigenvalue weighted by Crippen LogP contribution is -2.56. The van der Waals surface area contributed by atoms with Crippen LogP contribution in [0, 0.1) is 11.7 Å². The molecule has 2 amide bonds. The highest BCUT2D eigenvalue weighted by Crippen LogP contribution is 2.42. The van der Waals surface area contributed by atoms with Crippen LogP contribution < -0.4 is 25.2 Å². The number of aromatic nitrogens is 2. The molecule has 7 rings (SSSR count). The van der Waals surface area contributed by atoms with Crippen molar-refractivity contribution in [2.45, 2.75) is 37.3 Å². The van der Waals surface area contributed by atoms with E-state index in [0.717, 1.165) is 50.3 Å². The number of likely N-dealkylation sites (N-methyl/N-ethyl adjacent to an activating group) is 1. The second kappa shape index (κ2) is 9.91. The Morgan fingerprint density at radius 3 is 2.80 bits per heavy atom. The van der Waals surface area contributed by atoms with Crippen LogP contribution in [0.25, 0.3) is 0 Å². The van der Waals surface area contributed by atoms with E-state index < -0.39 is 11.7 Å². The number of benzene rings is 1. The molecule has 0 saturated carbocycles. The number of hydrogen-bond acceptors (Lipinski definition) is 10. The van der Waals surface area contributed by atoms with Crippen molar-refractivity contribution in [3.8, 4) is 5.88 Å². The maximum absolute atomic E-state index is 15.8. The fraction of sp³-hybridized carbons (Fsp3) is 0.536. The van der Waals surface area contributed by atoms with Crippen LogP contribution in [0.15, 0.2) is 17.3 Å². The third-order valence-corrected chi connectivity index (χ3v) is 9.10. The molecule has 0 radical (unpaired) electrons. The van der Waals surface area contributed by atoms with Gasteiger partial charge in [0, 0.05) is 52.6 Å². The number of nitrogens with one attached hydrogen (secondary N) is 2. The molecule has 2 aromatic rings. The van der Waals surface area contributed by atoms with Crippen molar-refractivity contribution >= 4 is 41.7 Å². The first-order chi connectivity index (χ1) is 19.8. The van der Waals surface area contributed by atoms with Gasteiger partial charge in [0.25, 0.3) is 11.8 Å². The van der Waals surface area contributed by atoms with Crippen LogP contribution in [-0.2, 0) is 22.4 Å². The zero-order valence-corrected chi connectivity index (χ0v) is 23.0. The first kappa shape index (κ1) is 26.1. The number of nitrogens with zero attached hydrogens (tertiary/aromatic N) is 6. The fourth-order valence-corrected chi connectivity index (χ4v) is 6.66. The smallest absolute Gasteiger partial charge is 0.416 e. The van der Waals surface area contributed by atoms with E-state index in [9.17, 15) is 9.59 Å². The number of carbonyl (C=O) groups excluding carboxylic acids is 2. The average Bonchev–Trinajstić information content (AvgIpc) is 3.48. The van der Waals surface area contributed by atoms with E-state index in [-0.39, 0.29) is 36.1 Å². The normalized spacial score (nSPS) is 23.4. The molecule has 1 aromatic heterocycles. The highest BCUT2D eigenvalue weighted by molar-refractivity contribution is 5.94. The molecule has 1 spiro atoms. The number of likely N-dealkylation sites (tertiary alicyclic amines) is 1. The van der Waals surface area contributed by atoms with Gasteiger partial charge in [-0.2, -0.15) is 0 Å². The Balaban J connectivity index is 0.985. The van der Waals surface area contributed by atoms with Crippen molar-refractivity contribution in [3.63, 3.8) is 0 Å². The van der Waals surface area contributed by atoms with Crippen molar-refractivity contribution in [3.05, 3.63) is 29.2 Å². The van der Waals surface area contributed by atoms with Gasteiger partial charge < -0.3 is 29.9 Å². The lowest BCUT2D eigenvalue weighted by Gasteiger charge is -2.38. The van der Waals surface area contributed by atoms with Crippen LogP contribution in [0.1, 0.15) is 24.0 Å². The van der Waals surface area contributed by atoms with Gasteiger partial charge in [-0.05, 0) is 42.7 Å². The zero-order chi connectivity index (χ0) is 28.3. The van der Waals surface area contributed by atoms with Crippen molar-refractivity contribution in [2.24, 2.45) is 10.9 Å². The summed E-state index contributed by atoms with van der Waals surface area (Å²) < 4.78 is 27.0. The molecule has 1 aliphatic carbocycles. The van der Waals surface area contributed by atoms with E-state index >= 15 is 4.39 Å². The minimum Gasteiger partial charge on any atom is -0.465 e. The number of halogens is 1. The van der Waals surface area contributed by atoms with Crippen molar-refractivity contribution in [1.82, 2.24) is 20.2 Å². The maximum Gasteiger partial charge on any atom is 0.416 e. The Labute approximate surface area is 236 Å². The summed E-state index contributed by atoms with van der Waals surface area (Å²) in [6.07, 6.45) is 3.88. The monoisotopic (exact) mass is 564 g/mol. The van der Waals surface area contributed by atoms with Crippen LogP contribution >= 0.6 is 0 Å². The van der Waals surface area contributed by atoms with Gasteiger partial charge in [-0.25, -0.2) is 19.2 Å². The van der Waals surface area contributed by atoms with Crippen LogP contribution in [0.4, 0.5) is 32.2 Å². The molecular formula is C28H33FN8O4. The predicted molar refractivity (Wildman–Crippen MR) is 150 cm³/mol. The van der Waals surface area contributed by atoms with E-state index in [2.05, 4.69) is 37.2 Å². The van der Waals surface area contributed by atoms with Gasteiger partial charge in [-0.15, -0.1) is 0 Å². The Bertz CT molecular complexity index is 1420. The summed E-state index contributed by atoms with van der Waals surface area (Å²) in [4.78, 5) is 43.1. The number of aliphatic imine (C=N–C) groups is 1. The lowest BCUT2D eigenvalue weighted by molar-refractivity contribution is -0.118.